The van der Waals surface area contributed by atoms with E-state index in [1.54, 1.807) is 45.3 Å². The first-order valence-electron chi connectivity index (χ1n) is 12.5. The Kier molecular flexibility index (Phi) is 6.58. The van der Waals surface area contributed by atoms with Gasteiger partial charge in [0.2, 0.25) is 0 Å². The molecule has 10 heteroatoms. The highest BCUT2D eigenvalue weighted by molar-refractivity contribution is 7.28. The summed E-state index contributed by atoms with van der Waals surface area (Å²) in [6.07, 6.45) is -8.71. The van der Waals surface area contributed by atoms with Crippen LogP contribution in [0.2, 0.25) is 0 Å². The van der Waals surface area contributed by atoms with E-state index < -0.39 is 23.5 Å². The van der Waals surface area contributed by atoms with Gasteiger partial charge in [0.05, 0.1) is 11.1 Å². The molecule has 0 aliphatic rings. The zero-order chi connectivity index (χ0) is 29.2. The number of hydrogen-bond donors (Lipinski definition) is 0. The van der Waals surface area contributed by atoms with Crippen molar-refractivity contribution in [1.82, 2.24) is 0 Å². The van der Waals surface area contributed by atoms with E-state index in [1.807, 2.05) is 24.3 Å². The predicted molar refractivity (Wildman–Crippen MR) is 165 cm³/mol. The van der Waals surface area contributed by atoms with Crippen LogP contribution >= 0.6 is 45.3 Å². The molecule has 3 aromatic carbocycles. The average Bonchev–Trinajstić information content (AvgIpc) is 3.75. The molecular formula is C32H16F6S4. The summed E-state index contributed by atoms with van der Waals surface area (Å²) >= 11 is 6.46. The number of fused-ring (bicyclic) bond motifs is 2. The lowest BCUT2D eigenvalue weighted by Gasteiger charge is -2.06. The molecule has 210 valence electrons. The summed E-state index contributed by atoms with van der Waals surface area (Å²) in [5, 5.41) is 2.24. The molecule has 4 aromatic heterocycles. The van der Waals surface area contributed by atoms with Gasteiger partial charge < -0.3 is 0 Å². The molecule has 0 saturated heterocycles. The summed E-state index contributed by atoms with van der Waals surface area (Å²) in [7, 11) is 0. The summed E-state index contributed by atoms with van der Waals surface area (Å²) in [6, 6.07) is 27.0. The molecule has 0 nitrogen and oxygen atoms in total. The van der Waals surface area contributed by atoms with E-state index in [9.17, 15) is 26.3 Å². The third-order valence-corrected chi connectivity index (χ3v) is 11.7. The topological polar surface area (TPSA) is 0 Å². The van der Waals surface area contributed by atoms with Gasteiger partial charge in [-0.3, -0.25) is 0 Å². The van der Waals surface area contributed by atoms with E-state index in [4.69, 9.17) is 0 Å². The van der Waals surface area contributed by atoms with Crippen LogP contribution < -0.4 is 0 Å². The number of rotatable bonds is 4. The Morgan fingerprint density at radius 2 is 0.714 bits per heavy atom. The summed E-state index contributed by atoms with van der Waals surface area (Å²) < 4.78 is 79.8. The standard InChI is InChI=1S/C32H16F6S4/c33-31(34,35)21-5-1-17(2-6-21)23-9-11-25(39-23)29-15-19-13-28-20(14-27(19)41-29)16-30(42-28)26-12-10-24(40-26)18-3-7-22(8-4-18)32(36,37)38/h1-16H. The van der Waals surface area contributed by atoms with Crippen molar-refractivity contribution in [2.45, 2.75) is 12.4 Å². The van der Waals surface area contributed by atoms with Gasteiger partial charge >= 0.3 is 12.4 Å². The Morgan fingerprint density at radius 3 is 1.07 bits per heavy atom. The second-order valence-corrected chi connectivity index (χ2v) is 14.0. The first-order chi connectivity index (χ1) is 20.0. The van der Waals surface area contributed by atoms with E-state index in [2.05, 4.69) is 24.3 Å². The number of hydrogen-bond acceptors (Lipinski definition) is 4. The van der Waals surface area contributed by atoms with Crippen LogP contribution in [0.25, 0.3) is 60.6 Å². The molecule has 0 spiro atoms. The van der Waals surface area contributed by atoms with E-state index in [0.717, 1.165) is 84.8 Å². The summed E-state index contributed by atoms with van der Waals surface area (Å²) in [5.74, 6) is 0. The van der Waals surface area contributed by atoms with Gasteiger partial charge in [0.25, 0.3) is 0 Å². The highest BCUT2D eigenvalue weighted by Gasteiger charge is 2.31. The van der Waals surface area contributed by atoms with Crippen molar-refractivity contribution >= 4 is 65.5 Å². The van der Waals surface area contributed by atoms with Crippen molar-refractivity contribution in [3.63, 3.8) is 0 Å². The number of alkyl halides is 6. The second kappa shape index (κ2) is 10.1. The smallest absolute Gasteiger partial charge is 0.166 e. The minimum Gasteiger partial charge on any atom is -0.166 e. The van der Waals surface area contributed by atoms with E-state index in [-0.39, 0.29) is 0 Å². The lowest BCUT2D eigenvalue weighted by atomic mass is 10.1. The lowest BCUT2D eigenvalue weighted by molar-refractivity contribution is -0.138. The highest BCUT2D eigenvalue weighted by atomic mass is 32.1. The largest absolute Gasteiger partial charge is 0.416 e. The maximum Gasteiger partial charge on any atom is 0.416 e. The molecule has 0 aliphatic heterocycles. The Balaban J connectivity index is 1.14. The SMILES string of the molecule is FC(F)(F)c1ccc(-c2ccc(-c3cc4cc5sc(-c6ccc(-c7ccc(C(F)(F)F)cc7)s6)cc5cc4s3)s2)cc1. The van der Waals surface area contributed by atoms with Crippen molar-refractivity contribution in [3.8, 4) is 40.4 Å². The first-order valence-corrected chi connectivity index (χ1v) is 15.8. The molecular weight excluding hydrogens is 627 g/mol. The van der Waals surface area contributed by atoms with Gasteiger partial charge in [-0.15, -0.1) is 45.3 Å². The zero-order valence-electron chi connectivity index (χ0n) is 21.1. The van der Waals surface area contributed by atoms with Crippen LogP contribution in [0, 0.1) is 0 Å². The fourth-order valence-corrected chi connectivity index (χ4v) is 9.08. The van der Waals surface area contributed by atoms with E-state index in [1.165, 1.54) is 24.3 Å². The van der Waals surface area contributed by atoms with Crippen LogP contribution in [-0.2, 0) is 12.4 Å². The minimum absolute atomic E-state index is 0.658. The molecule has 0 amide bonds. The summed E-state index contributed by atoms with van der Waals surface area (Å²) in [6.45, 7) is 0. The first kappa shape index (κ1) is 27.4. The van der Waals surface area contributed by atoms with Gasteiger partial charge in [-0.2, -0.15) is 26.3 Å². The van der Waals surface area contributed by atoms with Crippen molar-refractivity contribution < 1.29 is 26.3 Å². The minimum atomic E-state index is -4.35. The number of thiophene rings is 4. The van der Waals surface area contributed by atoms with Crippen LogP contribution in [0.3, 0.4) is 0 Å². The molecule has 7 rings (SSSR count). The zero-order valence-corrected chi connectivity index (χ0v) is 24.4. The molecule has 0 bridgehead atoms. The number of benzene rings is 3. The van der Waals surface area contributed by atoms with E-state index >= 15 is 0 Å². The molecule has 0 unspecified atom stereocenters. The van der Waals surface area contributed by atoms with E-state index in [0.29, 0.717) is 0 Å². The predicted octanol–water partition coefficient (Wildman–Crippen LogP) is 12.9. The van der Waals surface area contributed by atoms with Gasteiger partial charge in [-0.05, 0) is 94.7 Å². The van der Waals surface area contributed by atoms with Crippen molar-refractivity contribution in [3.05, 3.63) is 108 Å². The lowest BCUT2D eigenvalue weighted by Crippen LogP contribution is -2.03. The molecule has 0 radical (unpaired) electrons. The monoisotopic (exact) mass is 642 g/mol. The molecule has 7 aromatic rings. The fraction of sp³-hybridized carbons (Fsp3) is 0.0625. The van der Waals surface area contributed by atoms with Crippen LogP contribution in [0.4, 0.5) is 26.3 Å². The van der Waals surface area contributed by atoms with Crippen molar-refractivity contribution in [2.24, 2.45) is 0 Å². The third-order valence-electron chi connectivity index (χ3n) is 6.85. The molecule has 0 N–H and O–H groups in total. The van der Waals surface area contributed by atoms with Crippen LogP contribution in [-0.4, -0.2) is 0 Å². The normalized spacial score (nSPS) is 12.5. The molecule has 0 saturated carbocycles. The fourth-order valence-electron chi connectivity index (χ4n) is 4.71. The van der Waals surface area contributed by atoms with Crippen molar-refractivity contribution in [1.29, 1.82) is 0 Å². The maximum absolute atomic E-state index is 12.9. The Morgan fingerprint density at radius 1 is 0.357 bits per heavy atom. The van der Waals surface area contributed by atoms with Gasteiger partial charge in [0.1, 0.15) is 0 Å². The van der Waals surface area contributed by atoms with Gasteiger partial charge in [-0.25, -0.2) is 0 Å². The van der Waals surface area contributed by atoms with Crippen molar-refractivity contribution in [2.75, 3.05) is 0 Å². The van der Waals surface area contributed by atoms with Gasteiger partial charge in [0, 0.05) is 38.7 Å². The molecule has 0 atom stereocenters. The average molecular weight is 643 g/mol. The van der Waals surface area contributed by atoms with Crippen LogP contribution in [0.1, 0.15) is 11.1 Å². The maximum atomic E-state index is 12.9. The molecule has 0 aliphatic carbocycles. The second-order valence-electron chi connectivity index (χ2n) is 9.63. The van der Waals surface area contributed by atoms with Crippen LogP contribution in [0.15, 0.2) is 97.1 Å². The Hall–Kier alpha value is -3.44. The Labute approximate surface area is 251 Å². The highest BCUT2D eigenvalue weighted by Crippen LogP contribution is 2.45. The number of halogens is 6. The quantitative estimate of drug-likeness (QED) is 0.168. The third kappa shape index (κ3) is 5.17. The van der Waals surface area contributed by atoms with Gasteiger partial charge in [0.15, 0.2) is 0 Å². The summed E-state index contributed by atoms with van der Waals surface area (Å²) in [5.41, 5.74) is 0.190. The molecule has 0 fully saturated rings. The van der Waals surface area contributed by atoms with Gasteiger partial charge in [-0.1, -0.05) is 24.3 Å². The molecule has 42 heavy (non-hydrogen) atoms. The summed E-state index contributed by atoms with van der Waals surface area (Å²) in [4.78, 5) is 6.15. The molecule has 4 heterocycles. The van der Waals surface area contributed by atoms with Crippen LogP contribution in [0.5, 0.6) is 0 Å². The Bertz CT molecular complexity index is 1850.